The van der Waals surface area contributed by atoms with Crippen LogP contribution in [0.4, 0.5) is 0 Å². The molecule has 0 fully saturated rings. The Bertz CT molecular complexity index is 856. The molecule has 25 heavy (non-hydrogen) atoms. The minimum atomic E-state index is -0.886. The first-order valence-corrected chi connectivity index (χ1v) is 8.06. The van der Waals surface area contributed by atoms with Crippen molar-refractivity contribution < 1.29 is 14.6 Å². The van der Waals surface area contributed by atoms with Crippen molar-refractivity contribution in [3.63, 3.8) is 0 Å². The van der Waals surface area contributed by atoms with E-state index in [1.54, 1.807) is 26.4 Å². The molecule has 0 bridgehead atoms. The summed E-state index contributed by atoms with van der Waals surface area (Å²) in [6, 6.07) is 11.3. The average molecular weight is 336 g/mol. The monoisotopic (exact) mass is 336 g/mol. The maximum atomic E-state index is 12.0. The van der Waals surface area contributed by atoms with Crippen LogP contribution < -0.4 is 4.74 Å². The number of pyridine rings is 1. The summed E-state index contributed by atoms with van der Waals surface area (Å²) in [7, 11) is 1.60. The first-order chi connectivity index (χ1) is 12.0. The fraction of sp³-hybridized carbons (Fsp3) is 0.250. The molecule has 0 aliphatic carbocycles. The maximum absolute atomic E-state index is 12.0. The first-order valence-electron chi connectivity index (χ1n) is 8.06. The summed E-state index contributed by atoms with van der Waals surface area (Å²) in [5.41, 5.74) is 4.08. The lowest BCUT2D eigenvalue weighted by atomic mass is 9.74. The number of nitrogens with zero attached hydrogens (tertiary/aromatic N) is 2. The van der Waals surface area contributed by atoms with E-state index in [1.165, 1.54) is 0 Å². The Morgan fingerprint density at radius 3 is 2.64 bits per heavy atom. The number of benzene rings is 1. The van der Waals surface area contributed by atoms with Gasteiger partial charge in [-0.1, -0.05) is 18.2 Å². The molecule has 0 spiro atoms. The lowest BCUT2D eigenvalue weighted by Gasteiger charge is -2.32. The molecular formula is C20H20N2O3. The van der Waals surface area contributed by atoms with Crippen LogP contribution >= 0.6 is 0 Å². The van der Waals surface area contributed by atoms with Gasteiger partial charge in [-0.15, -0.1) is 0 Å². The van der Waals surface area contributed by atoms with Gasteiger partial charge >= 0.3 is 5.97 Å². The fourth-order valence-corrected chi connectivity index (χ4v) is 3.45. The molecule has 0 radical (unpaired) electrons. The summed E-state index contributed by atoms with van der Waals surface area (Å²) in [5, 5.41) is 9.87. The Morgan fingerprint density at radius 2 is 2.00 bits per heavy atom. The number of rotatable bonds is 4. The third kappa shape index (κ3) is 3.18. The van der Waals surface area contributed by atoms with E-state index in [0.717, 1.165) is 22.4 Å². The van der Waals surface area contributed by atoms with E-state index < -0.39 is 11.9 Å². The Labute approximate surface area is 146 Å². The van der Waals surface area contributed by atoms with Crippen LogP contribution in [0.2, 0.25) is 0 Å². The molecule has 0 amide bonds. The van der Waals surface area contributed by atoms with Gasteiger partial charge in [0.2, 0.25) is 0 Å². The number of carboxylic acid groups (broad SMARTS) is 1. The smallest absolute Gasteiger partial charge is 0.313 e. The lowest BCUT2D eigenvalue weighted by Crippen LogP contribution is -2.32. The molecule has 0 saturated carbocycles. The second kappa shape index (κ2) is 6.89. The van der Waals surface area contributed by atoms with Crippen LogP contribution in [-0.2, 0) is 4.79 Å². The molecule has 2 aromatic rings. The minimum Gasteiger partial charge on any atom is -0.497 e. The molecule has 5 nitrogen and oxygen atoms in total. The van der Waals surface area contributed by atoms with E-state index >= 15 is 0 Å². The van der Waals surface area contributed by atoms with Crippen LogP contribution in [0.25, 0.3) is 5.57 Å². The van der Waals surface area contributed by atoms with Crippen LogP contribution in [0.3, 0.4) is 0 Å². The Hall–Kier alpha value is -2.95. The number of methoxy groups -OCH3 is 1. The van der Waals surface area contributed by atoms with Crippen molar-refractivity contribution in [1.82, 2.24) is 4.98 Å². The van der Waals surface area contributed by atoms with Gasteiger partial charge in [-0.3, -0.25) is 14.8 Å². The van der Waals surface area contributed by atoms with E-state index in [9.17, 15) is 9.90 Å². The van der Waals surface area contributed by atoms with E-state index in [1.807, 2.05) is 43.3 Å². The number of ether oxygens (including phenoxy) is 1. The lowest BCUT2D eigenvalue weighted by molar-refractivity contribution is -0.139. The average Bonchev–Trinajstić information content (AvgIpc) is 2.61. The topological polar surface area (TPSA) is 71.8 Å². The Balaban J connectivity index is 2.23. The van der Waals surface area contributed by atoms with Gasteiger partial charge in [0.05, 0.1) is 7.11 Å². The Morgan fingerprint density at radius 1 is 1.20 bits per heavy atom. The maximum Gasteiger partial charge on any atom is 0.313 e. The molecule has 2 heterocycles. The van der Waals surface area contributed by atoms with Crippen LogP contribution in [-0.4, -0.2) is 28.9 Å². The van der Waals surface area contributed by atoms with E-state index in [-0.39, 0.29) is 5.92 Å². The predicted octanol–water partition coefficient (Wildman–Crippen LogP) is 3.78. The normalized spacial score (nSPS) is 20.2. The van der Waals surface area contributed by atoms with Crippen LogP contribution in [0.15, 0.2) is 59.5 Å². The number of carbonyl (C=O) groups is 1. The summed E-state index contributed by atoms with van der Waals surface area (Å²) in [5.74, 6) is -1.27. The summed E-state index contributed by atoms with van der Waals surface area (Å²) >= 11 is 0. The van der Waals surface area contributed by atoms with E-state index in [2.05, 4.69) is 9.98 Å². The summed E-state index contributed by atoms with van der Waals surface area (Å²) in [4.78, 5) is 20.7. The van der Waals surface area contributed by atoms with Gasteiger partial charge in [0, 0.05) is 29.7 Å². The molecule has 1 aromatic heterocycles. The zero-order chi connectivity index (χ0) is 18.0. The van der Waals surface area contributed by atoms with E-state index in [4.69, 9.17) is 4.74 Å². The highest BCUT2D eigenvalue weighted by molar-refractivity contribution is 6.06. The van der Waals surface area contributed by atoms with Crippen LogP contribution in [0.1, 0.15) is 30.9 Å². The molecule has 5 heteroatoms. The third-order valence-corrected chi connectivity index (χ3v) is 4.52. The number of aromatic nitrogens is 1. The summed E-state index contributed by atoms with van der Waals surface area (Å²) in [6.07, 6.45) is 3.45. The quantitative estimate of drug-likeness (QED) is 0.922. The molecule has 128 valence electrons. The van der Waals surface area contributed by atoms with Crippen molar-refractivity contribution in [2.24, 2.45) is 10.9 Å². The number of aliphatic carboxylic acids is 1. The molecule has 2 unspecified atom stereocenters. The number of hydrogen-bond acceptors (Lipinski definition) is 4. The first kappa shape index (κ1) is 16.9. The zero-order valence-electron chi connectivity index (χ0n) is 14.4. The van der Waals surface area contributed by atoms with Crippen molar-refractivity contribution in [2.75, 3.05) is 7.11 Å². The number of allylic oxidation sites excluding steroid dienone is 2. The highest BCUT2D eigenvalue weighted by atomic mass is 16.5. The second-order valence-corrected chi connectivity index (χ2v) is 6.06. The number of carboxylic acids is 1. The van der Waals surface area contributed by atoms with Crippen molar-refractivity contribution in [1.29, 1.82) is 0 Å². The van der Waals surface area contributed by atoms with Crippen molar-refractivity contribution in [2.45, 2.75) is 19.8 Å². The largest absolute Gasteiger partial charge is 0.497 e. The van der Waals surface area contributed by atoms with Crippen molar-refractivity contribution in [3.8, 4) is 5.75 Å². The third-order valence-electron chi connectivity index (χ3n) is 4.52. The van der Waals surface area contributed by atoms with Crippen molar-refractivity contribution in [3.05, 3.63) is 65.6 Å². The van der Waals surface area contributed by atoms with Gasteiger partial charge in [0.15, 0.2) is 0 Å². The highest BCUT2D eigenvalue weighted by Gasteiger charge is 2.38. The SMILES string of the molecule is COc1cccc(C2C(c3cccnc3)=C(C)N=C(C)C2C(=O)O)c1. The van der Waals surface area contributed by atoms with Crippen molar-refractivity contribution >= 4 is 17.3 Å². The number of aliphatic imine (C=N–C) groups is 1. The standard InChI is InChI=1S/C20H20N2O3/c1-12-17(15-7-5-9-21-11-15)19(18(20(23)24)13(2)22-12)14-6-4-8-16(10-14)25-3/h4-11,18-19H,1-3H3,(H,23,24). The van der Waals surface area contributed by atoms with Gasteiger partial charge in [0.1, 0.15) is 11.7 Å². The molecule has 0 saturated heterocycles. The Kier molecular flexibility index (Phi) is 4.65. The predicted molar refractivity (Wildman–Crippen MR) is 96.8 cm³/mol. The number of hydrogen-bond donors (Lipinski definition) is 1. The molecule has 1 aliphatic rings. The minimum absolute atomic E-state index is 0.353. The molecule has 1 aromatic carbocycles. The second-order valence-electron chi connectivity index (χ2n) is 6.06. The molecular weight excluding hydrogens is 316 g/mol. The van der Waals surface area contributed by atoms with Crippen LogP contribution in [0.5, 0.6) is 5.75 Å². The summed E-state index contributed by atoms with van der Waals surface area (Å²) < 4.78 is 5.33. The van der Waals surface area contributed by atoms with Gasteiger partial charge in [-0.25, -0.2) is 0 Å². The summed E-state index contributed by atoms with van der Waals surface area (Å²) in [6.45, 7) is 3.69. The molecule has 2 atom stereocenters. The fourth-order valence-electron chi connectivity index (χ4n) is 3.45. The van der Waals surface area contributed by atoms with Gasteiger partial charge in [-0.2, -0.15) is 0 Å². The van der Waals surface area contributed by atoms with Gasteiger partial charge in [-0.05, 0) is 48.7 Å². The molecule has 1 N–H and O–H groups in total. The highest BCUT2D eigenvalue weighted by Crippen LogP contribution is 2.44. The zero-order valence-corrected chi connectivity index (χ0v) is 14.4. The van der Waals surface area contributed by atoms with Crippen LogP contribution in [0, 0.1) is 5.92 Å². The van der Waals surface area contributed by atoms with Gasteiger partial charge in [0.25, 0.3) is 0 Å². The molecule has 1 aliphatic heterocycles. The van der Waals surface area contributed by atoms with E-state index in [0.29, 0.717) is 11.5 Å². The van der Waals surface area contributed by atoms with Gasteiger partial charge < -0.3 is 9.84 Å². The molecule has 3 rings (SSSR count).